The van der Waals surface area contributed by atoms with E-state index < -0.39 is 0 Å². The van der Waals surface area contributed by atoms with Crippen LogP contribution in [0.4, 0.5) is 10.1 Å². The largest absolute Gasteiger partial charge is 0.374 e. The highest BCUT2D eigenvalue weighted by atomic mass is 19.1. The quantitative estimate of drug-likeness (QED) is 0.920. The standard InChI is InChI=1S/C16H23FN2O/c1-11(18-2)12-5-3-6-13(17)16(12)19-9-10-20-15-8-4-7-14(15)19/h3,5-6,11,14-15,18H,4,7-10H2,1-2H3. The highest BCUT2D eigenvalue weighted by Crippen LogP contribution is 2.37. The van der Waals surface area contributed by atoms with E-state index in [0.29, 0.717) is 12.6 Å². The van der Waals surface area contributed by atoms with Gasteiger partial charge in [0.1, 0.15) is 5.82 Å². The summed E-state index contributed by atoms with van der Waals surface area (Å²) in [6.45, 7) is 3.55. The number of anilines is 1. The Labute approximate surface area is 120 Å². The summed E-state index contributed by atoms with van der Waals surface area (Å²) in [5, 5.41) is 3.22. The molecule has 0 spiro atoms. The number of nitrogens with zero attached hydrogens (tertiary/aromatic N) is 1. The maximum Gasteiger partial charge on any atom is 0.146 e. The van der Waals surface area contributed by atoms with Crippen molar-refractivity contribution in [3.05, 3.63) is 29.6 Å². The van der Waals surface area contributed by atoms with Crippen LogP contribution in [-0.2, 0) is 4.74 Å². The molecule has 3 nitrogen and oxygen atoms in total. The zero-order chi connectivity index (χ0) is 14.1. The van der Waals surface area contributed by atoms with Gasteiger partial charge in [0.2, 0.25) is 0 Å². The Morgan fingerprint density at radius 2 is 2.25 bits per heavy atom. The van der Waals surface area contributed by atoms with Gasteiger partial charge >= 0.3 is 0 Å². The van der Waals surface area contributed by atoms with Crippen LogP contribution in [0.15, 0.2) is 18.2 Å². The number of morpholine rings is 1. The SMILES string of the molecule is CNC(C)c1cccc(F)c1N1CCOC2CCCC21. The molecule has 2 fully saturated rings. The second-order valence-electron chi connectivity index (χ2n) is 5.79. The molecule has 20 heavy (non-hydrogen) atoms. The highest BCUT2D eigenvalue weighted by molar-refractivity contribution is 5.57. The van der Waals surface area contributed by atoms with E-state index in [4.69, 9.17) is 4.74 Å². The first-order valence-corrected chi connectivity index (χ1v) is 7.56. The van der Waals surface area contributed by atoms with Crippen molar-refractivity contribution < 1.29 is 9.13 Å². The molecule has 1 saturated heterocycles. The molecule has 1 aliphatic heterocycles. The molecule has 0 radical (unpaired) electrons. The van der Waals surface area contributed by atoms with Gasteiger partial charge in [-0.2, -0.15) is 0 Å². The van der Waals surface area contributed by atoms with Gasteiger partial charge in [-0.25, -0.2) is 4.39 Å². The molecule has 1 N–H and O–H groups in total. The van der Waals surface area contributed by atoms with Gasteiger partial charge in [-0.3, -0.25) is 0 Å². The molecule has 3 atom stereocenters. The van der Waals surface area contributed by atoms with Gasteiger partial charge in [-0.05, 0) is 44.9 Å². The molecular weight excluding hydrogens is 255 g/mol. The van der Waals surface area contributed by atoms with Crippen molar-refractivity contribution in [2.24, 2.45) is 0 Å². The van der Waals surface area contributed by atoms with E-state index in [0.717, 1.165) is 30.6 Å². The average Bonchev–Trinajstić information content (AvgIpc) is 2.94. The summed E-state index contributed by atoms with van der Waals surface area (Å²) >= 11 is 0. The molecular formula is C16H23FN2O. The van der Waals surface area contributed by atoms with Crippen molar-refractivity contribution in [3.8, 4) is 0 Å². The minimum absolute atomic E-state index is 0.114. The number of fused-ring (bicyclic) bond motifs is 1. The first-order chi connectivity index (χ1) is 9.72. The first kappa shape index (κ1) is 13.8. The molecule has 3 unspecified atom stereocenters. The van der Waals surface area contributed by atoms with E-state index >= 15 is 0 Å². The summed E-state index contributed by atoms with van der Waals surface area (Å²) in [6.07, 6.45) is 3.66. The molecule has 1 saturated carbocycles. The van der Waals surface area contributed by atoms with Crippen molar-refractivity contribution in [2.75, 3.05) is 25.1 Å². The fourth-order valence-corrected chi connectivity index (χ4v) is 3.54. The van der Waals surface area contributed by atoms with E-state index in [1.807, 2.05) is 13.1 Å². The zero-order valence-electron chi connectivity index (χ0n) is 12.2. The summed E-state index contributed by atoms with van der Waals surface area (Å²) in [5.74, 6) is -0.114. The summed E-state index contributed by atoms with van der Waals surface area (Å²) < 4.78 is 20.3. The van der Waals surface area contributed by atoms with E-state index in [-0.39, 0.29) is 18.0 Å². The Kier molecular flexibility index (Phi) is 3.94. The van der Waals surface area contributed by atoms with Crippen LogP contribution in [0.1, 0.15) is 37.8 Å². The van der Waals surface area contributed by atoms with Crippen LogP contribution in [0.25, 0.3) is 0 Å². The fraction of sp³-hybridized carbons (Fsp3) is 0.625. The van der Waals surface area contributed by atoms with Crippen molar-refractivity contribution in [1.82, 2.24) is 5.32 Å². The third kappa shape index (κ3) is 2.31. The van der Waals surface area contributed by atoms with Crippen LogP contribution < -0.4 is 10.2 Å². The van der Waals surface area contributed by atoms with Gasteiger partial charge in [0.05, 0.1) is 24.4 Å². The van der Waals surface area contributed by atoms with Crippen LogP contribution in [0, 0.1) is 5.82 Å². The van der Waals surface area contributed by atoms with Gasteiger partial charge in [0, 0.05) is 12.6 Å². The van der Waals surface area contributed by atoms with Crippen LogP contribution >= 0.6 is 0 Å². The number of nitrogens with one attached hydrogen (secondary N) is 1. The predicted molar refractivity (Wildman–Crippen MR) is 78.6 cm³/mol. The Morgan fingerprint density at radius 3 is 3.05 bits per heavy atom. The fourth-order valence-electron chi connectivity index (χ4n) is 3.54. The Hall–Kier alpha value is -1.13. The summed E-state index contributed by atoms with van der Waals surface area (Å²) in [7, 11) is 1.91. The topological polar surface area (TPSA) is 24.5 Å². The molecule has 2 aliphatic rings. The second-order valence-corrected chi connectivity index (χ2v) is 5.79. The number of hydrogen-bond donors (Lipinski definition) is 1. The molecule has 3 rings (SSSR count). The van der Waals surface area contributed by atoms with Crippen LogP contribution in [0.2, 0.25) is 0 Å². The van der Waals surface area contributed by atoms with E-state index in [2.05, 4.69) is 17.1 Å². The molecule has 4 heteroatoms. The highest BCUT2D eigenvalue weighted by Gasteiger charge is 2.38. The maximum absolute atomic E-state index is 14.5. The number of benzene rings is 1. The van der Waals surface area contributed by atoms with E-state index in [1.165, 1.54) is 6.42 Å². The smallest absolute Gasteiger partial charge is 0.146 e. The van der Waals surface area contributed by atoms with Gasteiger partial charge in [0.25, 0.3) is 0 Å². The zero-order valence-corrected chi connectivity index (χ0v) is 12.2. The number of hydrogen-bond acceptors (Lipinski definition) is 3. The van der Waals surface area contributed by atoms with Crippen molar-refractivity contribution in [2.45, 2.75) is 44.4 Å². The normalized spacial score (nSPS) is 27.4. The van der Waals surface area contributed by atoms with Crippen molar-refractivity contribution >= 4 is 5.69 Å². The van der Waals surface area contributed by atoms with Gasteiger partial charge in [-0.1, -0.05) is 12.1 Å². The lowest BCUT2D eigenvalue weighted by atomic mass is 10.0. The molecule has 0 bridgehead atoms. The maximum atomic E-state index is 14.5. The third-order valence-corrected chi connectivity index (χ3v) is 4.69. The lowest BCUT2D eigenvalue weighted by molar-refractivity contribution is 0.0253. The molecule has 0 amide bonds. The number of ether oxygens (including phenoxy) is 1. The molecule has 1 aromatic carbocycles. The first-order valence-electron chi connectivity index (χ1n) is 7.56. The number of rotatable bonds is 3. The van der Waals surface area contributed by atoms with E-state index in [1.54, 1.807) is 12.1 Å². The lowest BCUT2D eigenvalue weighted by Gasteiger charge is -2.41. The summed E-state index contributed by atoms with van der Waals surface area (Å²) in [5.41, 5.74) is 1.81. The molecule has 0 aromatic heterocycles. The van der Waals surface area contributed by atoms with Gasteiger partial charge < -0.3 is 15.0 Å². The minimum Gasteiger partial charge on any atom is -0.374 e. The Morgan fingerprint density at radius 1 is 1.40 bits per heavy atom. The summed E-state index contributed by atoms with van der Waals surface area (Å²) in [4.78, 5) is 2.25. The predicted octanol–water partition coefficient (Wildman–Crippen LogP) is 2.86. The monoisotopic (exact) mass is 278 g/mol. The molecule has 110 valence electrons. The minimum atomic E-state index is -0.114. The van der Waals surface area contributed by atoms with Crippen LogP contribution in [0.5, 0.6) is 0 Å². The van der Waals surface area contributed by atoms with Crippen molar-refractivity contribution in [3.63, 3.8) is 0 Å². The Bertz CT molecular complexity index is 480. The van der Waals surface area contributed by atoms with Crippen LogP contribution in [-0.4, -0.2) is 32.3 Å². The molecule has 1 heterocycles. The second kappa shape index (κ2) is 5.70. The lowest BCUT2D eigenvalue weighted by Crippen LogP contribution is -2.49. The Balaban J connectivity index is 1.99. The van der Waals surface area contributed by atoms with Crippen molar-refractivity contribution in [1.29, 1.82) is 0 Å². The number of para-hydroxylation sites is 1. The summed E-state index contributed by atoms with van der Waals surface area (Å²) in [6, 6.07) is 5.88. The van der Waals surface area contributed by atoms with Gasteiger partial charge in [-0.15, -0.1) is 0 Å². The molecule has 1 aromatic rings. The average molecular weight is 278 g/mol. The van der Waals surface area contributed by atoms with E-state index in [9.17, 15) is 4.39 Å². The third-order valence-electron chi connectivity index (χ3n) is 4.69. The molecule has 1 aliphatic carbocycles. The van der Waals surface area contributed by atoms with Crippen LogP contribution in [0.3, 0.4) is 0 Å². The van der Waals surface area contributed by atoms with Gasteiger partial charge in [0.15, 0.2) is 0 Å². The number of halogens is 1.